The lowest BCUT2D eigenvalue weighted by Gasteiger charge is -2.18. The van der Waals surface area contributed by atoms with E-state index in [-0.39, 0.29) is 31.1 Å². The van der Waals surface area contributed by atoms with Crippen LogP contribution in [0.25, 0.3) is 0 Å². The molecule has 0 bridgehead atoms. The molecule has 0 fully saturated rings. The van der Waals surface area contributed by atoms with E-state index < -0.39 is 6.10 Å². The molecule has 6 nitrogen and oxygen atoms in total. The molecule has 1 unspecified atom stereocenters. The summed E-state index contributed by atoms with van der Waals surface area (Å²) in [6.07, 6.45) is 93.0. The van der Waals surface area contributed by atoms with Crippen LogP contribution in [-0.2, 0) is 28.6 Å². The highest BCUT2D eigenvalue weighted by Gasteiger charge is 2.19. The van der Waals surface area contributed by atoms with Gasteiger partial charge in [0.05, 0.1) is 0 Å². The van der Waals surface area contributed by atoms with E-state index in [1.165, 1.54) is 199 Å². The number of ether oxygens (including phenoxy) is 3. The molecule has 0 amide bonds. The van der Waals surface area contributed by atoms with Crippen molar-refractivity contribution in [1.82, 2.24) is 0 Å². The highest BCUT2D eigenvalue weighted by atomic mass is 16.6. The maximum atomic E-state index is 12.9. The first kappa shape index (κ1) is 77.3. The summed E-state index contributed by atoms with van der Waals surface area (Å²) in [6.45, 7) is 6.48. The summed E-state index contributed by atoms with van der Waals surface area (Å²) in [5, 5.41) is 0. The molecule has 0 heterocycles. The van der Waals surface area contributed by atoms with Gasteiger partial charge in [-0.25, -0.2) is 0 Å². The van der Waals surface area contributed by atoms with Crippen LogP contribution in [0.4, 0.5) is 0 Å². The lowest BCUT2D eigenvalue weighted by Crippen LogP contribution is -2.30. The summed E-state index contributed by atoms with van der Waals surface area (Å²) in [7, 11) is 0. The molecule has 0 aromatic heterocycles. The predicted octanol–water partition coefficient (Wildman–Crippen LogP) is 24.0. The number of hydrogen-bond acceptors (Lipinski definition) is 6. The summed E-state index contributed by atoms with van der Waals surface area (Å²) in [4.78, 5) is 38.4. The third kappa shape index (κ3) is 67.0. The van der Waals surface area contributed by atoms with Crippen LogP contribution in [0.5, 0.6) is 0 Å². The van der Waals surface area contributed by atoms with E-state index in [1.807, 2.05) is 0 Å². The van der Waals surface area contributed by atoms with Crippen molar-refractivity contribution in [1.29, 1.82) is 0 Å². The molecule has 0 aliphatic heterocycles. The van der Waals surface area contributed by atoms with Gasteiger partial charge in [-0.3, -0.25) is 14.4 Å². The van der Waals surface area contributed by atoms with Crippen molar-refractivity contribution in [3.8, 4) is 0 Å². The molecule has 81 heavy (non-hydrogen) atoms. The summed E-state index contributed by atoms with van der Waals surface area (Å²) < 4.78 is 16.9. The van der Waals surface area contributed by atoms with Gasteiger partial charge in [-0.1, -0.05) is 298 Å². The molecule has 0 aliphatic carbocycles. The SMILES string of the molecule is CC/C=C\C/C=C\C/C=C\C/C=C\CCCCC(=O)OCC(COC(=O)CCCCCCCCCCCCCCCCCCCCC/C=C\C/C=C\CCCCCCC)OC(=O)CCCCCCCCC/C=C\C/C=C\CCCCC. The van der Waals surface area contributed by atoms with Gasteiger partial charge in [0.1, 0.15) is 13.2 Å². The first-order valence-electron chi connectivity index (χ1n) is 34.7. The monoisotopic (exact) mass is 1130 g/mol. The molecule has 0 saturated heterocycles. The van der Waals surface area contributed by atoms with E-state index in [0.29, 0.717) is 19.3 Å². The number of carbonyl (C=O) groups is 3. The van der Waals surface area contributed by atoms with Crippen molar-refractivity contribution < 1.29 is 28.6 Å². The fourth-order valence-corrected chi connectivity index (χ4v) is 9.85. The van der Waals surface area contributed by atoms with Crippen molar-refractivity contribution in [2.45, 2.75) is 348 Å². The topological polar surface area (TPSA) is 78.9 Å². The Labute approximate surface area is 502 Å². The van der Waals surface area contributed by atoms with Gasteiger partial charge in [0.25, 0.3) is 0 Å². The molecule has 0 aliphatic rings. The Bertz CT molecular complexity index is 1580. The second-order valence-corrected chi connectivity index (χ2v) is 23.1. The zero-order chi connectivity index (χ0) is 58.5. The highest BCUT2D eigenvalue weighted by molar-refractivity contribution is 5.71. The van der Waals surface area contributed by atoms with Crippen molar-refractivity contribution in [2.24, 2.45) is 0 Å². The summed E-state index contributed by atoms with van der Waals surface area (Å²) in [5.74, 6) is -0.930. The lowest BCUT2D eigenvalue weighted by atomic mass is 10.0. The smallest absolute Gasteiger partial charge is 0.306 e. The Morgan fingerprint density at radius 1 is 0.259 bits per heavy atom. The fraction of sp³-hybridized carbons (Fsp3) is 0.747. The summed E-state index contributed by atoms with van der Waals surface area (Å²) in [6, 6.07) is 0. The first-order chi connectivity index (χ1) is 40.0. The highest BCUT2D eigenvalue weighted by Crippen LogP contribution is 2.17. The maximum Gasteiger partial charge on any atom is 0.306 e. The molecular formula is C75H130O6. The average Bonchev–Trinajstić information content (AvgIpc) is 3.47. The van der Waals surface area contributed by atoms with Crippen LogP contribution in [0.3, 0.4) is 0 Å². The first-order valence-corrected chi connectivity index (χ1v) is 34.7. The molecule has 0 rings (SSSR count). The third-order valence-electron chi connectivity index (χ3n) is 15.0. The minimum Gasteiger partial charge on any atom is -0.462 e. The van der Waals surface area contributed by atoms with E-state index in [1.54, 1.807) is 0 Å². The number of rotatable bonds is 63. The van der Waals surface area contributed by atoms with Gasteiger partial charge >= 0.3 is 17.9 Å². The van der Waals surface area contributed by atoms with E-state index >= 15 is 0 Å². The summed E-state index contributed by atoms with van der Waals surface area (Å²) >= 11 is 0. The Morgan fingerprint density at radius 2 is 0.481 bits per heavy atom. The normalized spacial score (nSPS) is 12.7. The Morgan fingerprint density at radius 3 is 0.802 bits per heavy atom. The zero-order valence-corrected chi connectivity index (χ0v) is 53.5. The number of hydrogen-bond donors (Lipinski definition) is 0. The van der Waals surface area contributed by atoms with Crippen molar-refractivity contribution >= 4 is 17.9 Å². The second kappa shape index (κ2) is 68.8. The van der Waals surface area contributed by atoms with Gasteiger partial charge in [-0.15, -0.1) is 0 Å². The molecular weight excluding hydrogens is 997 g/mol. The molecule has 0 radical (unpaired) electrons. The van der Waals surface area contributed by atoms with Crippen molar-refractivity contribution in [3.05, 3.63) is 97.2 Å². The standard InChI is InChI=1S/C75H130O6/c1-4-7-10-13-16-19-22-25-28-30-31-32-33-34-35-36-37-38-39-40-41-42-43-45-47-50-53-56-59-62-65-68-74(77)80-71-72(70-79-73(76)67-64-61-58-55-52-49-46-27-24-21-18-15-12-9-6-3)81-75(78)69-66-63-60-57-54-51-48-44-29-26-23-20-17-14-11-8-5-2/h9,12,17-18,20-22,25-27,29-31,46,52,55,72H,4-8,10-11,13-16,19,23-24,28,32-45,47-51,53-54,56-71H2,1-3H3/b12-9-,20-17-,21-18-,25-22-,29-26-,31-30-,46-27-,55-52-. The molecule has 0 N–H and O–H groups in total. The Kier molecular flexibility index (Phi) is 65.7. The Balaban J connectivity index is 4.24. The molecule has 1 atom stereocenters. The quantitative estimate of drug-likeness (QED) is 0.0261. The van der Waals surface area contributed by atoms with Crippen molar-refractivity contribution in [2.75, 3.05) is 13.2 Å². The van der Waals surface area contributed by atoms with Gasteiger partial charge in [0.15, 0.2) is 6.10 Å². The minimum absolute atomic E-state index is 0.0918. The largest absolute Gasteiger partial charge is 0.462 e. The van der Waals surface area contributed by atoms with Gasteiger partial charge < -0.3 is 14.2 Å². The van der Waals surface area contributed by atoms with Crippen molar-refractivity contribution in [3.63, 3.8) is 0 Å². The molecule has 6 heteroatoms. The summed E-state index contributed by atoms with van der Waals surface area (Å²) in [5.41, 5.74) is 0. The maximum absolute atomic E-state index is 12.9. The van der Waals surface area contributed by atoms with Gasteiger partial charge in [0, 0.05) is 19.3 Å². The fourth-order valence-electron chi connectivity index (χ4n) is 9.85. The third-order valence-corrected chi connectivity index (χ3v) is 15.0. The average molecular weight is 1130 g/mol. The predicted molar refractivity (Wildman–Crippen MR) is 353 cm³/mol. The van der Waals surface area contributed by atoms with E-state index in [2.05, 4.69) is 118 Å². The second-order valence-electron chi connectivity index (χ2n) is 23.1. The van der Waals surface area contributed by atoms with E-state index in [0.717, 1.165) is 103 Å². The van der Waals surface area contributed by atoms with Crippen LogP contribution >= 0.6 is 0 Å². The van der Waals surface area contributed by atoms with Crippen LogP contribution in [0.1, 0.15) is 342 Å². The molecule has 466 valence electrons. The molecule has 0 spiro atoms. The molecule has 0 aromatic rings. The Hall–Kier alpha value is -3.67. The van der Waals surface area contributed by atoms with Crippen LogP contribution in [0, 0.1) is 0 Å². The van der Waals surface area contributed by atoms with Gasteiger partial charge in [-0.05, 0) is 122 Å². The van der Waals surface area contributed by atoms with Gasteiger partial charge in [-0.2, -0.15) is 0 Å². The van der Waals surface area contributed by atoms with Crippen LogP contribution in [0.2, 0.25) is 0 Å². The van der Waals surface area contributed by atoms with Gasteiger partial charge in [0.2, 0.25) is 0 Å². The van der Waals surface area contributed by atoms with E-state index in [4.69, 9.17) is 14.2 Å². The molecule has 0 saturated carbocycles. The minimum atomic E-state index is -0.800. The number of allylic oxidation sites excluding steroid dienone is 16. The zero-order valence-electron chi connectivity index (χ0n) is 53.5. The number of unbranched alkanes of at least 4 members (excludes halogenated alkanes) is 36. The van der Waals surface area contributed by atoms with Crippen LogP contribution < -0.4 is 0 Å². The molecule has 0 aromatic carbocycles. The lowest BCUT2D eigenvalue weighted by molar-refractivity contribution is -0.167. The van der Waals surface area contributed by atoms with Crippen LogP contribution in [0.15, 0.2) is 97.2 Å². The number of carbonyl (C=O) groups excluding carboxylic acids is 3. The van der Waals surface area contributed by atoms with E-state index in [9.17, 15) is 14.4 Å². The van der Waals surface area contributed by atoms with Crippen LogP contribution in [-0.4, -0.2) is 37.2 Å². The number of esters is 3.